The second kappa shape index (κ2) is 8.85. The van der Waals surface area contributed by atoms with Gasteiger partial charge in [0, 0.05) is 19.8 Å². The van der Waals surface area contributed by atoms with Crippen LogP contribution >= 0.6 is 11.8 Å². The molecule has 0 spiro atoms. The van der Waals surface area contributed by atoms with Crippen molar-refractivity contribution >= 4 is 32.9 Å². The molecule has 0 unspecified atom stereocenters. The van der Waals surface area contributed by atoms with Crippen molar-refractivity contribution in [1.29, 1.82) is 0 Å². The molecule has 0 aliphatic heterocycles. The van der Waals surface area contributed by atoms with Gasteiger partial charge in [-0.25, -0.2) is 17.7 Å². The van der Waals surface area contributed by atoms with E-state index in [1.54, 1.807) is 6.07 Å². The molecule has 28 heavy (non-hydrogen) atoms. The van der Waals surface area contributed by atoms with Crippen LogP contribution in [0.4, 0.5) is 0 Å². The van der Waals surface area contributed by atoms with Gasteiger partial charge in [-0.05, 0) is 49.4 Å². The molecule has 0 fully saturated rings. The van der Waals surface area contributed by atoms with Gasteiger partial charge in [0.05, 0.1) is 18.1 Å². The van der Waals surface area contributed by atoms with Crippen molar-refractivity contribution in [3.8, 4) is 11.5 Å². The van der Waals surface area contributed by atoms with Gasteiger partial charge in [-0.2, -0.15) is 0 Å². The maximum Gasteiger partial charge on any atom is 0.256 e. The maximum absolute atomic E-state index is 12.2. The number of sulfonamides is 1. The van der Waals surface area contributed by atoms with E-state index < -0.39 is 10.0 Å². The Labute approximate surface area is 168 Å². The van der Waals surface area contributed by atoms with Gasteiger partial charge in [-0.3, -0.25) is 0 Å². The molecule has 1 aromatic heterocycles. The molecule has 3 rings (SSSR count). The highest BCUT2D eigenvalue weighted by Gasteiger charge is 2.19. The summed E-state index contributed by atoms with van der Waals surface area (Å²) < 4.78 is 42.4. The predicted octanol–water partition coefficient (Wildman–Crippen LogP) is 3.65. The van der Waals surface area contributed by atoms with Gasteiger partial charge >= 0.3 is 0 Å². The maximum atomic E-state index is 12.2. The SMILES string of the molecule is CCOc1ccc(OCCSc2nc3cc(S(=O)(=O)N(C)C)ccc3o2)cc1. The van der Waals surface area contributed by atoms with Gasteiger partial charge < -0.3 is 13.9 Å². The molecule has 0 radical (unpaired) electrons. The Morgan fingerprint density at radius 2 is 1.75 bits per heavy atom. The van der Waals surface area contributed by atoms with Gasteiger partial charge in [-0.1, -0.05) is 11.8 Å². The lowest BCUT2D eigenvalue weighted by Crippen LogP contribution is -2.22. The van der Waals surface area contributed by atoms with E-state index in [1.165, 1.54) is 42.3 Å². The van der Waals surface area contributed by atoms with E-state index in [1.807, 2.05) is 31.2 Å². The zero-order valence-electron chi connectivity index (χ0n) is 15.9. The number of ether oxygens (including phenoxy) is 2. The zero-order chi connectivity index (χ0) is 20.1. The summed E-state index contributed by atoms with van der Waals surface area (Å²) in [7, 11) is -0.514. The Morgan fingerprint density at radius 1 is 1.07 bits per heavy atom. The summed E-state index contributed by atoms with van der Waals surface area (Å²) in [6, 6.07) is 12.1. The predicted molar refractivity (Wildman–Crippen MR) is 109 cm³/mol. The summed E-state index contributed by atoms with van der Waals surface area (Å²) in [6.07, 6.45) is 0. The van der Waals surface area contributed by atoms with Gasteiger partial charge in [-0.15, -0.1) is 0 Å². The summed E-state index contributed by atoms with van der Waals surface area (Å²) in [5.74, 6) is 2.22. The van der Waals surface area contributed by atoms with Crippen molar-refractivity contribution < 1.29 is 22.3 Å². The molecule has 0 atom stereocenters. The molecular weight excluding hydrogens is 400 g/mol. The molecule has 7 nitrogen and oxygen atoms in total. The number of aromatic nitrogens is 1. The number of fused-ring (bicyclic) bond motifs is 1. The Morgan fingerprint density at radius 3 is 2.39 bits per heavy atom. The lowest BCUT2D eigenvalue weighted by atomic mass is 10.3. The molecule has 0 aliphatic rings. The third-order valence-corrected chi connectivity index (χ3v) is 6.43. The Bertz CT molecular complexity index is 1030. The number of benzene rings is 2. The number of nitrogens with zero attached hydrogens (tertiary/aromatic N) is 2. The molecule has 2 aromatic carbocycles. The fourth-order valence-corrected chi connectivity index (χ4v) is 3.98. The summed E-state index contributed by atoms with van der Waals surface area (Å²) in [5, 5.41) is 0.477. The molecule has 0 aliphatic carbocycles. The average Bonchev–Trinajstić information content (AvgIpc) is 3.08. The number of hydrogen-bond donors (Lipinski definition) is 0. The summed E-state index contributed by atoms with van der Waals surface area (Å²) in [6.45, 7) is 3.05. The lowest BCUT2D eigenvalue weighted by Gasteiger charge is -2.10. The molecule has 0 amide bonds. The van der Waals surface area contributed by atoms with E-state index in [2.05, 4.69) is 4.98 Å². The van der Waals surface area contributed by atoms with E-state index in [-0.39, 0.29) is 4.90 Å². The van der Waals surface area contributed by atoms with Gasteiger partial charge in [0.15, 0.2) is 5.58 Å². The third-order valence-electron chi connectivity index (χ3n) is 3.83. The standard InChI is InChI=1S/C19H22N2O5S2/c1-4-24-14-5-7-15(8-6-14)25-11-12-27-19-20-17-13-16(9-10-18(17)26-19)28(22,23)21(2)3/h5-10,13H,4,11-12H2,1-3H3. The van der Waals surface area contributed by atoms with Gasteiger partial charge in [0.1, 0.15) is 17.0 Å². The smallest absolute Gasteiger partial charge is 0.256 e. The molecule has 0 bridgehead atoms. The minimum atomic E-state index is -3.50. The normalized spacial score (nSPS) is 11.9. The van der Waals surface area contributed by atoms with Crippen LogP contribution in [0.3, 0.4) is 0 Å². The molecular formula is C19H22N2O5S2. The van der Waals surface area contributed by atoms with Gasteiger partial charge in [0.25, 0.3) is 5.22 Å². The van der Waals surface area contributed by atoms with E-state index in [4.69, 9.17) is 13.9 Å². The first kappa shape index (κ1) is 20.5. The molecule has 1 heterocycles. The highest BCUT2D eigenvalue weighted by molar-refractivity contribution is 7.99. The first-order valence-corrected chi connectivity index (χ1v) is 11.1. The highest BCUT2D eigenvalue weighted by Crippen LogP contribution is 2.26. The third kappa shape index (κ3) is 4.78. The molecule has 0 saturated heterocycles. The van der Waals surface area contributed by atoms with Crippen molar-refractivity contribution in [2.24, 2.45) is 0 Å². The van der Waals surface area contributed by atoms with Crippen molar-refractivity contribution in [3.05, 3.63) is 42.5 Å². The number of oxazole rings is 1. The van der Waals surface area contributed by atoms with Crippen LogP contribution in [0.1, 0.15) is 6.92 Å². The van der Waals surface area contributed by atoms with E-state index in [0.717, 1.165) is 11.5 Å². The van der Waals surface area contributed by atoms with Crippen molar-refractivity contribution in [3.63, 3.8) is 0 Å². The van der Waals surface area contributed by atoms with Crippen LogP contribution in [0.25, 0.3) is 11.1 Å². The Hall–Kier alpha value is -2.23. The van der Waals surface area contributed by atoms with Crippen molar-refractivity contribution in [1.82, 2.24) is 9.29 Å². The van der Waals surface area contributed by atoms with Crippen LogP contribution in [-0.2, 0) is 10.0 Å². The van der Waals surface area contributed by atoms with E-state index in [9.17, 15) is 8.42 Å². The molecule has 150 valence electrons. The van der Waals surface area contributed by atoms with Crippen LogP contribution in [0.2, 0.25) is 0 Å². The van der Waals surface area contributed by atoms with Crippen LogP contribution in [0.5, 0.6) is 11.5 Å². The average molecular weight is 423 g/mol. The second-order valence-corrected chi connectivity index (χ2v) is 9.20. The summed E-state index contributed by atoms with van der Waals surface area (Å²) in [5.41, 5.74) is 1.06. The fraction of sp³-hybridized carbons (Fsp3) is 0.316. The zero-order valence-corrected chi connectivity index (χ0v) is 17.5. The van der Waals surface area contributed by atoms with Crippen LogP contribution in [0.15, 0.2) is 57.0 Å². The Balaban J connectivity index is 1.57. The summed E-state index contributed by atoms with van der Waals surface area (Å²) >= 11 is 1.41. The number of thioether (sulfide) groups is 1. The van der Waals surface area contributed by atoms with Crippen LogP contribution in [0, 0.1) is 0 Å². The number of rotatable bonds is 9. The van der Waals surface area contributed by atoms with Crippen molar-refractivity contribution in [2.45, 2.75) is 17.0 Å². The Kier molecular flexibility index (Phi) is 6.48. The molecule has 3 aromatic rings. The second-order valence-electron chi connectivity index (χ2n) is 6.00. The molecule has 0 saturated carbocycles. The van der Waals surface area contributed by atoms with E-state index >= 15 is 0 Å². The van der Waals surface area contributed by atoms with Crippen molar-refractivity contribution in [2.75, 3.05) is 33.1 Å². The largest absolute Gasteiger partial charge is 0.494 e. The minimum Gasteiger partial charge on any atom is -0.494 e. The topological polar surface area (TPSA) is 81.9 Å². The first-order chi connectivity index (χ1) is 13.4. The van der Waals surface area contributed by atoms with Crippen LogP contribution in [-0.4, -0.2) is 50.8 Å². The van der Waals surface area contributed by atoms with E-state index in [0.29, 0.717) is 35.3 Å². The first-order valence-electron chi connectivity index (χ1n) is 8.71. The molecule has 9 heteroatoms. The molecule has 0 N–H and O–H groups in total. The number of hydrogen-bond acceptors (Lipinski definition) is 7. The minimum absolute atomic E-state index is 0.189. The monoisotopic (exact) mass is 422 g/mol. The van der Waals surface area contributed by atoms with Crippen LogP contribution < -0.4 is 9.47 Å². The highest BCUT2D eigenvalue weighted by atomic mass is 32.2. The fourth-order valence-electron chi connectivity index (χ4n) is 2.41. The van der Waals surface area contributed by atoms with Gasteiger partial charge in [0.2, 0.25) is 10.0 Å². The quantitative estimate of drug-likeness (QED) is 0.384. The summed E-state index contributed by atoms with van der Waals surface area (Å²) in [4.78, 5) is 4.55. The lowest BCUT2D eigenvalue weighted by molar-refractivity contribution is 0.332.